The summed E-state index contributed by atoms with van der Waals surface area (Å²) in [5.74, 6) is 2.49. The van der Waals surface area contributed by atoms with E-state index in [9.17, 15) is 9.59 Å². The Bertz CT molecular complexity index is 1260. The van der Waals surface area contributed by atoms with Crippen molar-refractivity contribution < 1.29 is 28.5 Å². The Labute approximate surface area is 279 Å². The first-order chi connectivity index (χ1) is 22.1. The van der Waals surface area contributed by atoms with Gasteiger partial charge < -0.3 is 29.2 Å². The van der Waals surface area contributed by atoms with Crippen LogP contribution in [0.3, 0.4) is 0 Å². The Balaban J connectivity index is 0.861. The number of nitrogens with zero attached hydrogens (tertiary/aromatic N) is 3. The molecule has 1 aromatic carbocycles. The lowest BCUT2D eigenvalue weighted by atomic mass is 9.54. The van der Waals surface area contributed by atoms with Crippen LogP contribution >= 0.6 is 12.2 Å². The normalized spacial score (nSPS) is 26.2. The number of rotatable bonds is 18. The lowest BCUT2D eigenvalue weighted by Crippen LogP contribution is -2.52. The zero-order valence-electron chi connectivity index (χ0n) is 27.7. The third kappa shape index (κ3) is 8.26. The summed E-state index contributed by atoms with van der Waals surface area (Å²) in [6.45, 7) is 17.4. The van der Waals surface area contributed by atoms with E-state index in [0.717, 1.165) is 23.3 Å². The van der Waals surface area contributed by atoms with Gasteiger partial charge >= 0.3 is 0 Å². The summed E-state index contributed by atoms with van der Waals surface area (Å²) >= 11 is 5.68. The lowest BCUT2D eigenvalue weighted by molar-refractivity contribution is -0.169. The maximum atomic E-state index is 13.3. The van der Waals surface area contributed by atoms with Gasteiger partial charge in [-0.2, -0.15) is 0 Å². The minimum absolute atomic E-state index is 0.0689. The molecule has 10 nitrogen and oxygen atoms in total. The van der Waals surface area contributed by atoms with Gasteiger partial charge in [-0.05, 0) is 113 Å². The van der Waals surface area contributed by atoms with E-state index in [4.69, 9.17) is 37.7 Å². The summed E-state index contributed by atoms with van der Waals surface area (Å²) in [5.41, 5.74) is 1.30. The van der Waals surface area contributed by atoms with Crippen molar-refractivity contribution in [2.24, 2.45) is 17.8 Å². The molecule has 46 heavy (non-hydrogen) atoms. The molecular weight excluding hydrogens is 604 g/mol. The number of carbonyl (C=O) groups is 2. The molecular formula is C35H50N4O6S. The molecule has 0 aromatic heterocycles. The molecule has 0 atom stereocenters. The van der Waals surface area contributed by atoms with E-state index in [1.54, 1.807) is 12.1 Å². The SMILES string of the molecule is [C-]#[N+]c1ccc(N2C(=O)C(C)(C)N(CCCC(=O)NCCOCCOCCOCCOC34CC5CC(CC(C5)C3)C4)C2=S)cc1C. The molecule has 5 aliphatic rings. The average molecular weight is 655 g/mol. The highest BCUT2D eigenvalue weighted by Gasteiger charge is 2.52. The van der Waals surface area contributed by atoms with Crippen LogP contribution in [-0.2, 0) is 28.5 Å². The Morgan fingerprint density at radius 2 is 1.57 bits per heavy atom. The molecule has 0 spiro atoms. The molecule has 1 N–H and O–H groups in total. The molecule has 4 bridgehead atoms. The minimum Gasteiger partial charge on any atom is -0.377 e. The molecule has 252 valence electrons. The molecule has 0 unspecified atom stereocenters. The van der Waals surface area contributed by atoms with Crippen molar-refractivity contribution in [1.82, 2.24) is 10.2 Å². The summed E-state index contributed by atoms with van der Waals surface area (Å²) in [6.07, 6.45) is 8.91. The smallest absolute Gasteiger partial charge is 0.258 e. The van der Waals surface area contributed by atoms with Gasteiger partial charge in [0.15, 0.2) is 10.8 Å². The fourth-order valence-electron chi connectivity index (χ4n) is 8.16. The van der Waals surface area contributed by atoms with Crippen molar-refractivity contribution in [2.45, 2.75) is 83.3 Å². The molecule has 1 saturated heterocycles. The number of ether oxygens (including phenoxy) is 4. The Hall–Kier alpha value is -2.62. The Morgan fingerprint density at radius 3 is 2.15 bits per heavy atom. The van der Waals surface area contributed by atoms with Gasteiger partial charge in [0.2, 0.25) is 5.91 Å². The quantitative estimate of drug-likeness (QED) is 0.131. The fourth-order valence-corrected chi connectivity index (χ4v) is 8.67. The van der Waals surface area contributed by atoms with Crippen LogP contribution in [0.15, 0.2) is 18.2 Å². The topological polar surface area (TPSA) is 93.9 Å². The number of anilines is 1. The van der Waals surface area contributed by atoms with E-state index >= 15 is 0 Å². The third-order valence-corrected chi connectivity index (χ3v) is 10.5. The van der Waals surface area contributed by atoms with Gasteiger partial charge in [-0.3, -0.25) is 14.5 Å². The van der Waals surface area contributed by atoms with Gasteiger partial charge in [-0.25, -0.2) is 4.85 Å². The monoisotopic (exact) mass is 654 g/mol. The van der Waals surface area contributed by atoms with Gasteiger partial charge in [-0.1, -0.05) is 6.07 Å². The van der Waals surface area contributed by atoms with E-state index in [1.807, 2.05) is 31.7 Å². The van der Waals surface area contributed by atoms with Crippen LogP contribution in [0.4, 0.5) is 11.4 Å². The highest BCUT2D eigenvalue weighted by molar-refractivity contribution is 7.80. The van der Waals surface area contributed by atoms with Crippen LogP contribution in [0.5, 0.6) is 0 Å². The summed E-state index contributed by atoms with van der Waals surface area (Å²) in [5, 5.41) is 3.29. The van der Waals surface area contributed by atoms with Gasteiger partial charge in [0.1, 0.15) is 5.54 Å². The predicted octanol–water partition coefficient (Wildman–Crippen LogP) is 5.19. The average Bonchev–Trinajstić information content (AvgIpc) is 3.17. The first-order valence-electron chi connectivity index (χ1n) is 16.9. The van der Waals surface area contributed by atoms with Gasteiger partial charge in [0, 0.05) is 25.2 Å². The van der Waals surface area contributed by atoms with Gasteiger partial charge in [-0.15, -0.1) is 0 Å². The molecule has 11 heteroatoms. The number of aryl methyl sites for hydroxylation is 1. The fraction of sp³-hybridized carbons (Fsp3) is 0.714. The van der Waals surface area contributed by atoms with Crippen LogP contribution in [-0.4, -0.2) is 92.3 Å². The van der Waals surface area contributed by atoms with Crippen molar-refractivity contribution in [3.05, 3.63) is 35.2 Å². The lowest BCUT2D eigenvalue weighted by Gasteiger charge is -2.56. The number of amides is 2. The highest BCUT2D eigenvalue weighted by Crippen LogP contribution is 2.57. The highest BCUT2D eigenvalue weighted by atomic mass is 32.1. The molecule has 6 rings (SSSR count). The minimum atomic E-state index is -0.829. The number of benzene rings is 1. The molecule has 2 amide bonds. The van der Waals surface area contributed by atoms with Crippen molar-refractivity contribution >= 4 is 40.5 Å². The first kappa shape index (κ1) is 34.7. The van der Waals surface area contributed by atoms with Crippen LogP contribution < -0.4 is 10.2 Å². The Kier molecular flexibility index (Phi) is 11.7. The van der Waals surface area contributed by atoms with Crippen LogP contribution in [0.1, 0.15) is 70.8 Å². The summed E-state index contributed by atoms with van der Waals surface area (Å²) in [6, 6.07) is 5.27. The number of thiocarbonyl (C=S) groups is 1. The molecule has 4 aliphatic carbocycles. The standard InChI is InChI=1S/C35H50N4O6S/c1-25-18-29(7-8-30(25)36-4)39-32(41)34(2,3)38(33(39)46)10-5-6-31(40)37-9-11-42-12-13-43-14-15-44-16-17-45-35-22-26-19-27(23-35)21-28(20-26)24-35/h7-8,18,26-28H,5-6,9-17,19-24H2,1-3H3,(H,37,40). The zero-order valence-corrected chi connectivity index (χ0v) is 28.5. The maximum absolute atomic E-state index is 13.3. The van der Waals surface area contributed by atoms with Gasteiger partial charge in [0.05, 0.1) is 58.4 Å². The van der Waals surface area contributed by atoms with Crippen molar-refractivity contribution in [3.63, 3.8) is 0 Å². The zero-order chi connectivity index (χ0) is 32.7. The van der Waals surface area contributed by atoms with Gasteiger partial charge in [0.25, 0.3) is 5.91 Å². The van der Waals surface area contributed by atoms with E-state index in [0.29, 0.717) is 88.7 Å². The molecule has 4 saturated carbocycles. The van der Waals surface area contributed by atoms with Crippen molar-refractivity contribution in [2.75, 3.05) is 64.2 Å². The summed E-state index contributed by atoms with van der Waals surface area (Å²) in [7, 11) is 0. The van der Waals surface area contributed by atoms with E-state index < -0.39 is 5.54 Å². The molecule has 1 aromatic rings. The third-order valence-electron chi connectivity index (χ3n) is 10.1. The largest absolute Gasteiger partial charge is 0.377 e. The predicted molar refractivity (Wildman–Crippen MR) is 180 cm³/mol. The van der Waals surface area contributed by atoms with E-state index in [1.165, 1.54) is 43.4 Å². The van der Waals surface area contributed by atoms with Crippen LogP contribution in [0.25, 0.3) is 4.85 Å². The first-order valence-corrected chi connectivity index (χ1v) is 17.3. The van der Waals surface area contributed by atoms with Crippen LogP contribution in [0, 0.1) is 31.2 Å². The Morgan fingerprint density at radius 1 is 0.978 bits per heavy atom. The summed E-state index contributed by atoms with van der Waals surface area (Å²) in [4.78, 5) is 32.5. The summed E-state index contributed by atoms with van der Waals surface area (Å²) < 4.78 is 23.3. The second kappa shape index (κ2) is 15.5. The van der Waals surface area contributed by atoms with E-state index in [-0.39, 0.29) is 17.4 Å². The van der Waals surface area contributed by atoms with Crippen molar-refractivity contribution in [1.29, 1.82) is 0 Å². The molecule has 5 fully saturated rings. The number of carbonyl (C=O) groups excluding carboxylic acids is 2. The van der Waals surface area contributed by atoms with Crippen molar-refractivity contribution in [3.8, 4) is 0 Å². The second-order valence-corrected chi connectivity index (χ2v) is 14.3. The number of hydrogen-bond donors (Lipinski definition) is 1. The van der Waals surface area contributed by atoms with E-state index in [2.05, 4.69) is 10.2 Å². The maximum Gasteiger partial charge on any atom is 0.258 e. The number of hydrogen-bond acceptors (Lipinski definition) is 7. The second-order valence-electron chi connectivity index (χ2n) is 14.0. The van der Waals surface area contributed by atoms with Crippen LogP contribution in [0.2, 0.25) is 0 Å². The number of nitrogens with one attached hydrogen (secondary N) is 1. The molecule has 0 radical (unpaired) electrons. The molecule has 1 heterocycles. The molecule has 1 aliphatic heterocycles.